The van der Waals surface area contributed by atoms with Crippen molar-refractivity contribution < 1.29 is 9.90 Å². The molecule has 4 saturated carbocycles. The summed E-state index contributed by atoms with van der Waals surface area (Å²) in [5.74, 6) is 2.65. The topological polar surface area (TPSA) is 37.3 Å². The van der Waals surface area contributed by atoms with Crippen LogP contribution in [0.5, 0.6) is 0 Å². The first-order valence-electron chi connectivity index (χ1n) is 9.55. The van der Waals surface area contributed by atoms with Crippen LogP contribution in [0.2, 0.25) is 0 Å². The van der Waals surface area contributed by atoms with E-state index in [1.807, 2.05) is 6.92 Å². The number of rotatable bonds is 0. The normalized spacial score (nSPS) is 57.9. The molecule has 0 heterocycles. The molecule has 7 atom stereocenters. The summed E-state index contributed by atoms with van der Waals surface area (Å²) in [5, 5.41) is 10.9. The maximum atomic E-state index is 13.2. The van der Waals surface area contributed by atoms with Crippen molar-refractivity contribution in [1.82, 2.24) is 0 Å². The first-order chi connectivity index (χ1) is 10.3. The number of carbonyl (C=O) groups excluding carboxylic acids is 1. The van der Waals surface area contributed by atoms with Crippen molar-refractivity contribution in [1.29, 1.82) is 0 Å². The molecule has 4 fully saturated rings. The van der Waals surface area contributed by atoms with Crippen LogP contribution in [0.15, 0.2) is 0 Å². The number of hydrogen-bond acceptors (Lipinski definition) is 2. The lowest BCUT2D eigenvalue weighted by Gasteiger charge is -2.60. The van der Waals surface area contributed by atoms with Crippen molar-refractivity contribution in [2.24, 2.45) is 34.5 Å². The highest BCUT2D eigenvalue weighted by Gasteiger charge is 2.65. The number of hydrogen-bond donors (Lipinski definition) is 1. The van der Waals surface area contributed by atoms with Gasteiger partial charge >= 0.3 is 0 Å². The molecule has 2 heteroatoms. The van der Waals surface area contributed by atoms with Gasteiger partial charge in [-0.1, -0.05) is 26.7 Å². The largest absolute Gasteiger partial charge is 0.390 e. The molecular formula is C20H32O2. The second-order valence-electron chi connectivity index (χ2n) is 9.65. The van der Waals surface area contributed by atoms with Crippen LogP contribution < -0.4 is 0 Å². The molecule has 0 aromatic carbocycles. The van der Waals surface area contributed by atoms with E-state index in [-0.39, 0.29) is 10.8 Å². The second-order valence-corrected chi connectivity index (χ2v) is 9.65. The van der Waals surface area contributed by atoms with Crippen molar-refractivity contribution in [2.75, 3.05) is 0 Å². The lowest BCUT2D eigenvalue weighted by atomic mass is 9.44. The van der Waals surface area contributed by atoms with Crippen LogP contribution >= 0.6 is 0 Å². The van der Waals surface area contributed by atoms with E-state index >= 15 is 0 Å². The molecule has 0 unspecified atom stereocenters. The standard InChI is InChI=1S/C20H32O2/c1-18-10-5-4-6-13(18)7-8-14-15-9-11-20(3,22)19(15,2)12-16(21)17(14)18/h13-15,17,22H,4-12H2,1-3H3/t13-,14+,15+,17-,18+,19+,20+/m1/s1. The molecule has 0 aromatic rings. The lowest BCUT2D eigenvalue weighted by Crippen LogP contribution is -2.59. The van der Waals surface area contributed by atoms with Gasteiger partial charge in [0.05, 0.1) is 5.60 Å². The van der Waals surface area contributed by atoms with E-state index in [1.54, 1.807) is 0 Å². The van der Waals surface area contributed by atoms with Gasteiger partial charge in [0.2, 0.25) is 0 Å². The molecule has 2 nitrogen and oxygen atoms in total. The molecule has 0 radical (unpaired) electrons. The van der Waals surface area contributed by atoms with E-state index in [1.165, 1.54) is 38.5 Å². The van der Waals surface area contributed by atoms with E-state index < -0.39 is 5.60 Å². The summed E-state index contributed by atoms with van der Waals surface area (Å²) in [6.07, 6.45) is 10.4. The van der Waals surface area contributed by atoms with Gasteiger partial charge in [0.25, 0.3) is 0 Å². The zero-order chi connectivity index (χ0) is 15.8. The Morgan fingerprint density at radius 1 is 1.00 bits per heavy atom. The SMILES string of the molecule is C[C@]12CCCC[C@@H]1CC[C@@H]1[C@@H]2C(=O)C[C@@]2(C)[C@H]1CC[C@]2(C)O. The first-order valence-corrected chi connectivity index (χ1v) is 9.55. The lowest BCUT2D eigenvalue weighted by molar-refractivity contribution is -0.168. The third-order valence-electron chi connectivity index (χ3n) is 8.83. The van der Waals surface area contributed by atoms with Gasteiger partial charge in [-0.3, -0.25) is 4.79 Å². The molecular weight excluding hydrogens is 272 g/mol. The number of aliphatic hydroxyl groups is 1. The number of fused-ring (bicyclic) bond motifs is 5. The summed E-state index contributed by atoms with van der Waals surface area (Å²) in [6.45, 7) is 6.62. The zero-order valence-corrected chi connectivity index (χ0v) is 14.5. The Bertz CT molecular complexity index is 496. The molecule has 0 bridgehead atoms. The highest BCUT2D eigenvalue weighted by Crippen LogP contribution is 2.67. The highest BCUT2D eigenvalue weighted by atomic mass is 16.3. The van der Waals surface area contributed by atoms with Gasteiger partial charge < -0.3 is 5.11 Å². The third kappa shape index (κ3) is 1.74. The molecule has 0 saturated heterocycles. The van der Waals surface area contributed by atoms with Gasteiger partial charge in [-0.25, -0.2) is 0 Å². The molecule has 0 amide bonds. The zero-order valence-electron chi connectivity index (χ0n) is 14.5. The smallest absolute Gasteiger partial charge is 0.137 e. The van der Waals surface area contributed by atoms with Crippen molar-refractivity contribution in [3.05, 3.63) is 0 Å². The molecule has 4 rings (SSSR count). The maximum Gasteiger partial charge on any atom is 0.137 e. The average Bonchev–Trinajstić information content (AvgIpc) is 2.68. The second kappa shape index (κ2) is 4.59. The number of carbonyl (C=O) groups is 1. The van der Waals surface area contributed by atoms with Crippen LogP contribution in [-0.4, -0.2) is 16.5 Å². The van der Waals surface area contributed by atoms with E-state index in [9.17, 15) is 9.90 Å². The Morgan fingerprint density at radius 3 is 2.55 bits per heavy atom. The Balaban J connectivity index is 1.73. The Labute approximate surface area is 135 Å². The van der Waals surface area contributed by atoms with Crippen LogP contribution in [0.25, 0.3) is 0 Å². The fourth-order valence-electron chi connectivity index (χ4n) is 7.32. The third-order valence-corrected chi connectivity index (χ3v) is 8.83. The van der Waals surface area contributed by atoms with Crippen molar-refractivity contribution in [3.63, 3.8) is 0 Å². The summed E-state index contributed by atoms with van der Waals surface area (Å²) >= 11 is 0. The monoisotopic (exact) mass is 304 g/mol. The van der Waals surface area contributed by atoms with Crippen LogP contribution in [0.4, 0.5) is 0 Å². The van der Waals surface area contributed by atoms with Gasteiger partial charge in [0.15, 0.2) is 0 Å². The minimum atomic E-state index is -0.650. The molecule has 4 aliphatic rings. The van der Waals surface area contributed by atoms with Crippen LogP contribution in [-0.2, 0) is 4.79 Å². The average molecular weight is 304 g/mol. The number of Topliss-reactive ketones (excluding diaryl/α,β-unsaturated/α-hetero) is 1. The van der Waals surface area contributed by atoms with Gasteiger partial charge in [0, 0.05) is 17.8 Å². The molecule has 1 N–H and O–H groups in total. The Morgan fingerprint density at radius 2 is 1.77 bits per heavy atom. The molecule has 22 heavy (non-hydrogen) atoms. The summed E-state index contributed by atoms with van der Waals surface area (Å²) < 4.78 is 0. The van der Waals surface area contributed by atoms with Crippen molar-refractivity contribution in [3.8, 4) is 0 Å². The predicted octanol–water partition coefficient (Wildman–Crippen LogP) is 4.35. The Kier molecular flexibility index (Phi) is 3.16. The predicted molar refractivity (Wildman–Crippen MR) is 87.4 cm³/mol. The van der Waals surface area contributed by atoms with Gasteiger partial charge in [-0.05, 0) is 68.6 Å². The molecule has 0 spiro atoms. The summed E-state index contributed by atoms with van der Waals surface area (Å²) in [4.78, 5) is 13.2. The van der Waals surface area contributed by atoms with Gasteiger partial charge in [0.1, 0.15) is 5.78 Å². The molecule has 4 aliphatic carbocycles. The fraction of sp³-hybridized carbons (Fsp3) is 0.950. The number of ketones is 1. The summed E-state index contributed by atoms with van der Waals surface area (Å²) in [5.41, 5.74) is -0.570. The minimum Gasteiger partial charge on any atom is -0.390 e. The fourth-order valence-corrected chi connectivity index (χ4v) is 7.32. The van der Waals surface area contributed by atoms with E-state index in [2.05, 4.69) is 13.8 Å². The summed E-state index contributed by atoms with van der Waals surface area (Å²) in [6, 6.07) is 0. The van der Waals surface area contributed by atoms with Crippen LogP contribution in [0.1, 0.15) is 78.6 Å². The molecule has 0 aliphatic heterocycles. The van der Waals surface area contributed by atoms with Gasteiger partial charge in [-0.2, -0.15) is 0 Å². The van der Waals surface area contributed by atoms with Crippen molar-refractivity contribution >= 4 is 5.78 Å². The Hall–Kier alpha value is -0.370. The quantitative estimate of drug-likeness (QED) is 0.722. The van der Waals surface area contributed by atoms with Crippen LogP contribution in [0.3, 0.4) is 0 Å². The van der Waals surface area contributed by atoms with Crippen molar-refractivity contribution in [2.45, 2.75) is 84.2 Å². The maximum absolute atomic E-state index is 13.2. The molecule has 0 aromatic heterocycles. The van der Waals surface area contributed by atoms with Crippen LogP contribution in [0, 0.1) is 34.5 Å². The first kappa shape index (κ1) is 15.2. The van der Waals surface area contributed by atoms with E-state index in [4.69, 9.17) is 0 Å². The van der Waals surface area contributed by atoms with E-state index in [0.717, 1.165) is 18.8 Å². The highest BCUT2D eigenvalue weighted by molar-refractivity contribution is 5.84. The summed E-state index contributed by atoms with van der Waals surface area (Å²) in [7, 11) is 0. The van der Waals surface area contributed by atoms with E-state index in [0.29, 0.717) is 30.0 Å². The van der Waals surface area contributed by atoms with Gasteiger partial charge in [-0.15, -0.1) is 0 Å². The minimum absolute atomic E-state index is 0.177. The molecule has 124 valence electrons.